The monoisotopic (exact) mass is 534 g/mol. The van der Waals surface area contributed by atoms with E-state index in [-0.39, 0.29) is 0 Å². The number of thiophene rings is 4. The van der Waals surface area contributed by atoms with Crippen molar-refractivity contribution in [3.63, 3.8) is 0 Å². The largest absolute Gasteiger partial charge is 0.379 e. The predicted octanol–water partition coefficient (Wildman–Crippen LogP) is 7.74. The van der Waals surface area contributed by atoms with Crippen molar-refractivity contribution in [2.24, 2.45) is 0 Å². The van der Waals surface area contributed by atoms with Crippen LogP contribution in [0, 0.1) is 0 Å². The van der Waals surface area contributed by atoms with E-state index in [0.29, 0.717) is 26.4 Å². The van der Waals surface area contributed by atoms with Crippen molar-refractivity contribution in [2.45, 2.75) is 26.7 Å². The molecule has 4 nitrogen and oxygen atoms in total. The average molecular weight is 535 g/mol. The van der Waals surface area contributed by atoms with Gasteiger partial charge in [-0.05, 0) is 38.1 Å². The van der Waals surface area contributed by atoms with Gasteiger partial charge in [-0.15, -0.1) is 45.3 Å². The number of ether oxygens (including phenoxy) is 4. The van der Waals surface area contributed by atoms with E-state index >= 15 is 0 Å². The molecule has 182 valence electrons. The fourth-order valence-electron chi connectivity index (χ4n) is 4.01. The van der Waals surface area contributed by atoms with Crippen molar-refractivity contribution in [1.29, 1.82) is 0 Å². The van der Waals surface area contributed by atoms with Gasteiger partial charge in [-0.1, -0.05) is 0 Å². The quantitative estimate of drug-likeness (QED) is 0.137. The third-order valence-corrected chi connectivity index (χ3v) is 10.6. The van der Waals surface area contributed by atoms with E-state index in [1.807, 2.05) is 59.2 Å². The van der Waals surface area contributed by atoms with E-state index in [0.717, 1.165) is 39.3 Å². The summed E-state index contributed by atoms with van der Waals surface area (Å²) < 4.78 is 30.5. The lowest BCUT2D eigenvalue weighted by Gasteiger charge is -2.03. The summed E-state index contributed by atoms with van der Waals surface area (Å²) >= 11 is 7.68. The third kappa shape index (κ3) is 5.50. The second kappa shape index (κ2) is 11.8. The Morgan fingerprint density at radius 2 is 0.941 bits per heavy atom. The van der Waals surface area contributed by atoms with E-state index in [2.05, 4.69) is 24.3 Å². The molecular weight excluding hydrogens is 505 g/mol. The molecule has 0 N–H and O–H groups in total. The molecule has 4 heterocycles. The molecule has 0 radical (unpaired) electrons. The second-order valence-electron chi connectivity index (χ2n) is 7.98. The van der Waals surface area contributed by atoms with Gasteiger partial charge in [-0.25, -0.2) is 0 Å². The molecule has 0 saturated heterocycles. The van der Waals surface area contributed by atoms with Gasteiger partial charge in [0.15, 0.2) is 0 Å². The summed E-state index contributed by atoms with van der Waals surface area (Å²) in [6.45, 7) is 9.73. The van der Waals surface area contributed by atoms with E-state index in [1.54, 1.807) is 0 Å². The standard InChI is InChI=1S/C26H30O4S4/c1-3-27-9-11-29-7-5-17-13-23-25(31-17)19-15-22-20(16-21(19)33-23)26-24(34-22)14-18(32-26)6-8-30-12-10-28-4-2/h13-16H,3-12H2,1-2H3. The van der Waals surface area contributed by atoms with Crippen LogP contribution < -0.4 is 0 Å². The molecule has 5 rings (SSSR count). The normalized spacial score (nSPS) is 12.3. The highest BCUT2D eigenvalue weighted by molar-refractivity contribution is 7.34. The zero-order valence-corrected chi connectivity index (χ0v) is 22.9. The molecule has 0 aliphatic rings. The van der Waals surface area contributed by atoms with Crippen molar-refractivity contribution in [3.8, 4) is 0 Å². The maximum absolute atomic E-state index is 5.71. The van der Waals surface area contributed by atoms with E-state index < -0.39 is 0 Å². The van der Waals surface area contributed by atoms with Crippen LogP contribution in [0.15, 0.2) is 24.3 Å². The summed E-state index contributed by atoms with van der Waals surface area (Å²) in [7, 11) is 0. The fourth-order valence-corrected chi connectivity index (χ4v) is 9.09. The van der Waals surface area contributed by atoms with E-state index in [4.69, 9.17) is 18.9 Å². The molecule has 4 aromatic heterocycles. The van der Waals surface area contributed by atoms with Crippen molar-refractivity contribution in [3.05, 3.63) is 34.0 Å². The second-order valence-corrected chi connectivity index (χ2v) is 12.4. The number of hydrogen-bond donors (Lipinski definition) is 0. The van der Waals surface area contributed by atoms with Gasteiger partial charge in [-0.2, -0.15) is 0 Å². The first kappa shape index (κ1) is 24.6. The molecule has 0 spiro atoms. The molecular formula is C26H30O4S4. The van der Waals surface area contributed by atoms with Crippen molar-refractivity contribution < 1.29 is 18.9 Å². The van der Waals surface area contributed by atoms with Crippen LogP contribution in [0.1, 0.15) is 23.6 Å². The zero-order chi connectivity index (χ0) is 23.3. The molecule has 0 atom stereocenters. The Morgan fingerprint density at radius 3 is 1.38 bits per heavy atom. The van der Waals surface area contributed by atoms with Gasteiger partial charge in [-0.3, -0.25) is 0 Å². The first-order valence-corrected chi connectivity index (χ1v) is 15.1. The summed E-state index contributed by atoms with van der Waals surface area (Å²) in [6, 6.07) is 9.54. The van der Waals surface area contributed by atoms with Crippen LogP contribution in [0.4, 0.5) is 0 Å². The highest BCUT2D eigenvalue weighted by Gasteiger charge is 2.15. The van der Waals surface area contributed by atoms with E-state index in [9.17, 15) is 0 Å². The van der Waals surface area contributed by atoms with Crippen LogP contribution in [0.2, 0.25) is 0 Å². The Kier molecular flexibility index (Phi) is 8.50. The average Bonchev–Trinajstić information content (AvgIpc) is 3.56. The van der Waals surface area contributed by atoms with Crippen LogP contribution in [-0.2, 0) is 31.8 Å². The molecule has 0 unspecified atom stereocenters. The van der Waals surface area contributed by atoms with Crippen LogP contribution in [0.25, 0.3) is 39.0 Å². The Hall–Kier alpha value is -1.10. The van der Waals surface area contributed by atoms with Gasteiger partial charge in [0.25, 0.3) is 0 Å². The van der Waals surface area contributed by atoms with Crippen molar-refractivity contribution >= 4 is 84.3 Å². The number of rotatable bonds is 14. The Balaban J connectivity index is 1.28. The van der Waals surface area contributed by atoms with Crippen LogP contribution in [0.5, 0.6) is 0 Å². The first-order valence-electron chi connectivity index (χ1n) is 11.9. The van der Waals surface area contributed by atoms with Crippen LogP contribution in [-0.4, -0.2) is 52.9 Å². The smallest absolute Gasteiger partial charge is 0.0700 e. The molecule has 0 aliphatic heterocycles. The number of hydrogen-bond acceptors (Lipinski definition) is 8. The van der Waals surface area contributed by atoms with Gasteiger partial charge in [0.1, 0.15) is 0 Å². The summed E-state index contributed by atoms with van der Waals surface area (Å²) in [6.07, 6.45) is 1.93. The Morgan fingerprint density at radius 1 is 0.500 bits per heavy atom. The Bertz CT molecular complexity index is 1250. The highest BCUT2D eigenvalue weighted by atomic mass is 32.1. The lowest BCUT2D eigenvalue weighted by Crippen LogP contribution is -2.05. The van der Waals surface area contributed by atoms with Crippen LogP contribution in [0.3, 0.4) is 0 Å². The zero-order valence-electron chi connectivity index (χ0n) is 19.6. The molecule has 1 aromatic carbocycles. The van der Waals surface area contributed by atoms with Gasteiger partial charge in [0, 0.05) is 65.4 Å². The molecule has 0 saturated carbocycles. The predicted molar refractivity (Wildman–Crippen MR) is 150 cm³/mol. The molecule has 5 aromatic rings. The Labute approximate surface area is 216 Å². The van der Waals surface area contributed by atoms with Crippen molar-refractivity contribution in [1.82, 2.24) is 0 Å². The summed E-state index contributed by atoms with van der Waals surface area (Å²) in [5.41, 5.74) is 0. The number of benzene rings is 1. The fraction of sp³-hybridized carbons (Fsp3) is 0.462. The molecule has 8 heteroatoms. The third-order valence-electron chi connectivity index (χ3n) is 5.65. The SMILES string of the molecule is CCOCCOCCc1cc2sc3cc4c(cc3c2s1)sc1cc(CCOCCOCC)sc14. The molecule has 0 fully saturated rings. The lowest BCUT2D eigenvalue weighted by molar-refractivity contribution is 0.0543. The summed E-state index contributed by atoms with van der Waals surface area (Å²) in [4.78, 5) is 2.81. The molecule has 34 heavy (non-hydrogen) atoms. The molecule has 0 bridgehead atoms. The van der Waals surface area contributed by atoms with E-state index in [1.165, 1.54) is 48.7 Å². The van der Waals surface area contributed by atoms with Crippen LogP contribution >= 0.6 is 45.3 Å². The maximum Gasteiger partial charge on any atom is 0.0700 e. The van der Waals surface area contributed by atoms with Gasteiger partial charge in [0.2, 0.25) is 0 Å². The summed E-state index contributed by atoms with van der Waals surface area (Å²) in [5.74, 6) is 0. The maximum atomic E-state index is 5.71. The highest BCUT2D eigenvalue weighted by Crippen LogP contribution is 2.46. The first-order chi connectivity index (χ1) is 16.8. The minimum Gasteiger partial charge on any atom is -0.379 e. The van der Waals surface area contributed by atoms with Crippen molar-refractivity contribution in [2.75, 3.05) is 52.9 Å². The molecule has 0 aliphatic carbocycles. The number of fused-ring (bicyclic) bond motifs is 6. The minimum atomic E-state index is 0.673. The lowest BCUT2D eigenvalue weighted by atomic mass is 10.2. The van der Waals surface area contributed by atoms with Gasteiger partial charge >= 0.3 is 0 Å². The summed E-state index contributed by atoms with van der Waals surface area (Å²) in [5, 5.41) is 2.80. The topological polar surface area (TPSA) is 36.9 Å². The van der Waals surface area contributed by atoms with Gasteiger partial charge < -0.3 is 18.9 Å². The van der Waals surface area contributed by atoms with Gasteiger partial charge in [0.05, 0.1) is 49.0 Å². The minimum absolute atomic E-state index is 0.673. The molecule has 0 amide bonds.